The van der Waals surface area contributed by atoms with Crippen LogP contribution in [0.3, 0.4) is 0 Å². The molecular weight excluding hydrogens is 396 g/mol. The van der Waals surface area contributed by atoms with Crippen LogP contribution >= 0.6 is 46.4 Å². The zero-order valence-corrected chi connectivity index (χ0v) is 13.9. The Bertz CT molecular complexity index is 742. The maximum absolute atomic E-state index is 12.1. The molecule has 0 spiro atoms. The summed E-state index contributed by atoms with van der Waals surface area (Å²) in [6.45, 7) is -2.93. The fourth-order valence-corrected chi connectivity index (χ4v) is 2.36. The van der Waals surface area contributed by atoms with Crippen LogP contribution < -0.4 is 10.1 Å². The second kappa shape index (κ2) is 7.49. The molecule has 0 saturated carbocycles. The highest BCUT2D eigenvalue weighted by Gasteiger charge is 2.20. The number of nitrogens with zero attached hydrogens (tertiary/aromatic N) is 1. The maximum Gasteiger partial charge on any atom is 0.387 e. The van der Waals surface area contributed by atoms with Gasteiger partial charge in [-0.1, -0.05) is 46.4 Å². The van der Waals surface area contributed by atoms with E-state index in [0.717, 1.165) is 0 Å². The summed E-state index contributed by atoms with van der Waals surface area (Å²) in [6, 6.07) is 5.25. The van der Waals surface area contributed by atoms with Crippen LogP contribution in [0.25, 0.3) is 0 Å². The lowest BCUT2D eigenvalue weighted by Gasteiger charge is -2.10. The summed E-state index contributed by atoms with van der Waals surface area (Å²) in [5.41, 5.74) is 0.0793. The number of anilines is 1. The smallest absolute Gasteiger partial charge is 0.387 e. The molecule has 23 heavy (non-hydrogen) atoms. The van der Waals surface area contributed by atoms with Gasteiger partial charge in [0.1, 0.15) is 16.6 Å². The van der Waals surface area contributed by atoms with Gasteiger partial charge in [0.2, 0.25) is 0 Å². The number of benzene rings is 1. The summed E-state index contributed by atoms with van der Waals surface area (Å²) >= 11 is 23.3. The Kier molecular flexibility index (Phi) is 5.86. The highest BCUT2D eigenvalue weighted by atomic mass is 35.5. The molecule has 2 rings (SSSR count). The van der Waals surface area contributed by atoms with Crippen molar-refractivity contribution in [2.75, 3.05) is 5.32 Å². The number of halogens is 6. The molecule has 0 radical (unpaired) electrons. The molecule has 1 aromatic heterocycles. The molecule has 1 amide bonds. The third-order valence-corrected chi connectivity index (χ3v) is 4.21. The number of nitrogens with one attached hydrogen (secondary N) is 1. The van der Waals surface area contributed by atoms with Crippen LogP contribution in [0.15, 0.2) is 24.3 Å². The first kappa shape index (κ1) is 18.0. The number of carbonyl (C=O) groups excluding carboxylic acids is 1. The van der Waals surface area contributed by atoms with Gasteiger partial charge >= 0.3 is 6.61 Å². The van der Waals surface area contributed by atoms with E-state index in [9.17, 15) is 13.6 Å². The van der Waals surface area contributed by atoms with E-state index in [-0.39, 0.29) is 31.7 Å². The Labute approximate surface area is 149 Å². The molecule has 0 bridgehead atoms. The van der Waals surface area contributed by atoms with Gasteiger partial charge in [-0.05, 0) is 24.3 Å². The molecule has 0 aliphatic carbocycles. The molecule has 122 valence electrons. The summed E-state index contributed by atoms with van der Waals surface area (Å²) in [7, 11) is 0. The number of alkyl halides is 2. The van der Waals surface area contributed by atoms with Crippen LogP contribution in [0.5, 0.6) is 5.75 Å². The summed E-state index contributed by atoms with van der Waals surface area (Å²) in [5.74, 6) is -0.746. The third-order valence-electron chi connectivity index (χ3n) is 2.54. The van der Waals surface area contributed by atoms with Gasteiger partial charge in [-0.2, -0.15) is 8.78 Å². The van der Waals surface area contributed by atoms with Crippen LogP contribution in [0.4, 0.5) is 14.5 Å². The zero-order valence-electron chi connectivity index (χ0n) is 10.9. The molecule has 1 aromatic carbocycles. The number of hydrogen-bond acceptors (Lipinski definition) is 3. The Morgan fingerprint density at radius 2 is 1.65 bits per heavy atom. The molecule has 4 nitrogen and oxygen atoms in total. The first-order chi connectivity index (χ1) is 10.8. The van der Waals surface area contributed by atoms with Crippen molar-refractivity contribution in [1.29, 1.82) is 0 Å². The number of amides is 1. The second-order valence-electron chi connectivity index (χ2n) is 4.05. The van der Waals surface area contributed by atoms with E-state index in [0.29, 0.717) is 5.69 Å². The Morgan fingerprint density at radius 3 is 2.22 bits per heavy atom. The maximum atomic E-state index is 12.1. The molecule has 0 saturated heterocycles. The van der Waals surface area contributed by atoms with Crippen LogP contribution in [0, 0.1) is 0 Å². The van der Waals surface area contributed by atoms with Crippen molar-refractivity contribution in [2.45, 2.75) is 6.61 Å². The van der Waals surface area contributed by atoms with Gasteiger partial charge in [-0.15, -0.1) is 0 Å². The number of aromatic nitrogens is 1. The quantitative estimate of drug-likeness (QED) is 0.683. The molecule has 2 aromatic rings. The minimum Gasteiger partial charge on any atom is -0.435 e. The van der Waals surface area contributed by atoms with Crippen LogP contribution in [0.2, 0.25) is 20.2 Å². The number of rotatable bonds is 4. The van der Waals surface area contributed by atoms with Gasteiger partial charge in [-0.3, -0.25) is 4.79 Å². The molecular formula is C13H6Cl4F2N2O2. The topological polar surface area (TPSA) is 51.2 Å². The van der Waals surface area contributed by atoms with Crippen molar-refractivity contribution in [1.82, 2.24) is 4.98 Å². The van der Waals surface area contributed by atoms with Gasteiger partial charge in [-0.25, -0.2) is 4.98 Å². The van der Waals surface area contributed by atoms with Crippen molar-refractivity contribution in [2.24, 2.45) is 0 Å². The Hall–Kier alpha value is -1.34. The standard InChI is InChI=1S/C13H6Cl4F2N2O2/c14-7-8(15)10(21-11(17)9(7)16)12(22)20-5-1-3-6(4-2-5)23-13(18)19/h1-4,13H,(H,20,22). The molecule has 1 heterocycles. The van der Waals surface area contributed by atoms with E-state index in [1.807, 2.05) is 0 Å². The lowest BCUT2D eigenvalue weighted by molar-refractivity contribution is -0.0498. The zero-order chi connectivity index (χ0) is 17.1. The normalized spacial score (nSPS) is 10.7. The highest BCUT2D eigenvalue weighted by molar-refractivity contribution is 6.52. The first-order valence-electron chi connectivity index (χ1n) is 5.85. The average Bonchev–Trinajstić information content (AvgIpc) is 2.50. The molecule has 10 heteroatoms. The molecule has 0 fully saturated rings. The summed E-state index contributed by atoms with van der Waals surface area (Å²) < 4.78 is 28.3. The van der Waals surface area contributed by atoms with E-state index in [4.69, 9.17) is 46.4 Å². The molecule has 0 atom stereocenters. The van der Waals surface area contributed by atoms with E-state index < -0.39 is 12.5 Å². The molecule has 0 unspecified atom stereocenters. The minimum atomic E-state index is -2.93. The van der Waals surface area contributed by atoms with Gasteiger partial charge in [0, 0.05) is 5.69 Å². The third kappa shape index (κ3) is 4.35. The lowest BCUT2D eigenvalue weighted by Crippen LogP contribution is -2.15. The Morgan fingerprint density at radius 1 is 1.04 bits per heavy atom. The minimum absolute atomic E-state index is 0.0493. The van der Waals surface area contributed by atoms with E-state index in [1.54, 1.807) is 0 Å². The SMILES string of the molecule is O=C(Nc1ccc(OC(F)F)cc1)c1nc(Cl)c(Cl)c(Cl)c1Cl. The van der Waals surface area contributed by atoms with E-state index >= 15 is 0 Å². The van der Waals surface area contributed by atoms with Gasteiger partial charge < -0.3 is 10.1 Å². The predicted octanol–water partition coefficient (Wildman–Crippen LogP) is 5.55. The second-order valence-corrected chi connectivity index (χ2v) is 5.54. The predicted molar refractivity (Wildman–Crippen MR) is 85.3 cm³/mol. The van der Waals surface area contributed by atoms with Crippen molar-refractivity contribution in [3.63, 3.8) is 0 Å². The molecule has 0 aliphatic heterocycles. The number of ether oxygens (including phenoxy) is 1. The largest absolute Gasteiger partial charge is 0.435 e. The van der Waals surface area contributed by atoms with Gasteiger partial charge in [0.05, 0.1) is 15.1 Å². The van der Waals surface area contributed by atoms with Gasteiger partial charge in [0.15, 0.2) is 0 Å². The van der Waals surface area contributed by atoms with Crippen LogP contribution in [0.1, 0.15) is 10.5 Å². The van der Waals surface area contributed by atoms with E-state index in [1.165, 1.54) is 24.3 Å². The first-order valence-corrected chi connectivity index (χ1v) is 7.37. The van der Waals surface area contributed by atoms with Crippen molar-refractivity contribution in [3.8, 4) is 5.75 Å². The summed E-state index contributed by atoms with van der Waals surface area (Å²) in [4.78, 5) is 15.9. The highest BCUT2D eigenvalue weighted by Crippen LogP contribution is 2.36. The van der Waals surface area contributed by atoms with Crippen LogP contribution in [-0.2, 0) is 0 Å². The number of carbonyl (C=O) groups is 1. The Balaban J connectivity index is 2.19. The van der Waals surface area contributed by atoms with E-state index in [2.05, 4.69) is 15.0 Å². The summed E-state index contributed by atoms with van der Waals surface area (Å²) in [6.07, 6.45) is 0. The fraction of sp³-hybridized carbons (Fsp3) is 0.0769. The number of pyridine rings is 1. The molecule has 0 aliphatic rings. The van der Waals surface area contributed by atoms with Crippen molar-refractivity contribution in [3.05, 3.63) is 50.2 Å². The monoisotopic (exact) mass is 400 g/mol. The fourth-order valence-electron chi connectivity index (χ4n) is 1.55. The number of hydrogen-bond donors (Lipinski definition) is 1. The van der Waals surface area contributed by atoms with Crippen LogP contribution in [-0.4, -0.2) is 17.5 Å². The van der Waals surface area contributed by atoms with Gasteiger partial charge in [0.25, 0.3) is 5.91 Å². The van der Waals surface area contributed by atoms with Crippen molar-refractivity contribution < 1.29 is 18.3 Å². The van der Waals surface area contributed by atoms with Crippen molar-refractivity contribution >= 4 is 58.0 Å². The molecule has 1 N–H and O–H groups in total. The summed E-state index contributed by atoms with van der Waals surface area (Å²) in [5, 5.41) is 1.97. The average molecular weight is 402 g/mol. The lowest BCUT2D eigenvalue weighted by atomic mass is 10.2.